The van der Waals surface area contributed by atoms with Gasteiger partial charge in [0.15, 0.2) is 0 Å². The first-order chi connectivity index (χ1) is 12.5. The van der Waals surface area contributed by atoms with Gasteiger partial charge in [0.2, 0.25) is 11.8 Å². The van der Waals surface area contributed by atoms with Gasteiger partial charge in [-0.05, 0) is 49.3 Å². The quantitative estimate of drug-likeness (QED) is 0.813. The fraction of sp³-hybridized carbons (Fsp3) is 0.667. The minimum atomic E-state index is -0.0663. The minimum Gasteiger partial charge on any atom is -0.342 e. The monoisotopic (exact) mass is 357 g/mol. The lowest BCUT2D eigenvalue weighted by atomic mass is 9.87. The van der Waals surface area contributed by atoms with Gasteiger partial charge in [-0.15, -0.1) is 0 Å². The highest BCUT2D eigenvalue weighted by atomic mass is 16.2. The van der Waals surface area contributed by atoms with Crippen LogP contribution in [0.2, 0.25) is 0 Å². The maximum absolute atomic E-state index is 12.9. The van der Waals surface area contributed by atoms with Crippen LogP contribution in [-0.4, -0.2) is 46.7 Å². The van der Waals surface area contributed by atoms with Gasteiger partial charge in [0.1, 0.15) is 0 Å². The third-order valence-electron chi connectivity index (χ3n) is 5.97. The summed E-state index contributed by atoms with van der Waals surface area (Å²) in [6, 6.07) is 1.97. The van der Waals surface area contributed by atoms with E-state index in [0.717, 1.165) is 17.7 Å². The lowest BCUT2D eigenvalue weighted by Crippen LogP contribution is -2.47. The standard InChI is InChI=1S/C21H31N3O2/c1-16-12-22-11-10-18(16)14-23(2)21(26)19-8-9-20(25)24(15-19)13-17-6-4-3-5-7-17/h10-12,17,19H,3-9,13-15H2,1-2H3/t19-/m0/s1. The number of nitrogens with zero attached hydrogens (tertiary/aromatic N) is 3. The third-order valence-corrected chi connectivity index (χ3v) is 5.97. The lowest BCUT2D eigenvalue weighted by Gasteiger charge is -2.36. The molecule has 0 radical (unpaired) electrons. The number of pyridine rings is 1. The molecule has 26 heavy (non-hydrogen) atoms. The molecule has 1 saturated heterocycles. The molecule has 2 amide bonds. The number of aromatic nitrogens is 1. The Labute approximate surface area is 156 Å². The van der Waals surface area contributed by atoms with Gasteiger partial charge in [0.25, 0.3) is 0 Å². The van der Waals surface area contributed by atoms with E-state index in [1.807, 2.05) is 36.0 Å². The first-order valence-electron chi connectivity index (χ1n) is 9.97. The predicted molar refractivity (Wildman–Crippen MR) is 101 cm³/mol. The summed E-state index contributed by atoms with van der Waals surface area (Å²) in [5, 5.41) is 0. The Bertz CT molecular complexity index is 640. The summed E-state index contributed by atoms with van der Waals surface area (Å²) in [7, 11) is 1.87. The van der Waals surface area contributed by atoms with Crippen LogP contribution in [0.5, 0.6) is 0 Å². The molecule has 2 aliphatic rings. The van der Waals surface area contributed by atoms with Crippen LogP contribution in [-0.2, 0) is 16.1 Å². The highest BCUT2D eigenvalue weighted by Gasteiger charge is 2.33. The van der Waals surface area contributed by atoms with Gasteiger partial charge >= 0.3 is 0 Å². The summed E-state index contributed by atoms with van der Waals surface area (Å²) in [5.74, 6) is 0.941. The number of amides is 2. The van der Waals surface area contributed by atoms with E-state index in [4.69, 9.17) is 0 Å². The number of hydrogen-bond donors (Lipinski definition) is 0. The molecule has 0 N–H and O–H groups in total. The van der Waals surface area contributed by atoms with Crippen molar-refractivity contribution in [3.63, 3.8) is 0 Å². The molecule has 0 unspecified atom stereocenters. The molecule has 0 aromatic carbocycles. The Morgan fingerprint density at radius 2 is 2.04 bits per heavy atom. The van der Waals surface area contributed by atoms with E-state index in [2.05, 4.69) is 4.98 Å². The average molecular weight is 357 g/mol. The molecule has 5 nitrogen and oxygen atoms in total. The van der Waals surface area contributed by atoms with Gasteiger partial charge < -0.3 is 9.80 Å². The second-order valence-electron chi connectivity index (χ2n) is 8.03. The zero-order valence-electron chi connectivity index (χ0n) is 16.1. The summed E-state index contributed by atoms with van der Waals surface area (Å²) in [5.41, 5.74) is 2.23. The average Bonchev–Trinajstić information content (AvgIpc) is 2.65. The Morgan fingerprint density at radius 3 is 2.77 bits per heavy atom. The van der Waals surface area contributed by atoms with Crippen molar-refractivity contribution >= 4 is 11.8 Å². The number of likely N-dealkylation sites (tertiary alicyclic amines) is 1. The van der Waals surface area contributed by atoms with Crippen molar-refractivity contribution in [2.45, 2.75) is 58.4 Å². The summed E-state index contributed by atoms with van der Waals surface area (Å²) >= 11 is 0. The Hall–Kier alpha value is -1.91. The van der Waals surface area contributed by atoms with E-state index in [-0.39, 0.29) is 17.7 Å². The summed E-state index contributed by atoms with van der Waals surface area (Å²) in [4.78, 5) is 33.2. The number of hydrogen-bond acceptors (Lipinski definition) is 3. The molecule has 0 spiro atoms. The molecule has 1 aliphatic heterocycles. The molecular formula is C21H31N3O2. The van der Waals surface area contributed by atoms with Crippen molar-refractivity contribution in [3.8, 4) is 0 Å². The topological polar surface area (TPSA) is 53.5 Å². The summed E-state index contributed by atoms with van der Waals surface area (Å²) < 4.78 is 0. The van der Waals surface area contributed by atoms with Crippen LogP contribution in [0.25, 0.3) is 0 Å². The Morgan fingerprint density at radius 1 is 1.27 bits per heavy atom. The van der Waals surface area contributed by atoms with Crippen molar-refractivity contribution in [2.24, 2.45) is 11.8 Å². The molecule has 142 valence electrons. The van der Waals surface area contributed by atoms with Crippen LogP contribution in [0, 0.1) is 18.8 Å². The van der Waals surface area contributed by atoms with Crippen LogP contribution in [0.3, 0.4) is 0 Å². The van der Waals surface area contributed by atoms with Crippen LogP contribution < -0.4 is 0 Å². The van der Waals surface area contributed by atoms with E-state index < -0.39 is 0 Å². The predicted octanol–water partition coefficient (Wildman–Crippen LogP) is 3.17. The van der Waals surface area contributed by atoms with Crippen molar-refractivity contribution in [1.29, 1.82) is 0 Å². The van der Waals surface area contributed by atoms with Crippen molar-refractivity contribution < 1.29 is 9.59 Å². The number of carbonyl (C=O) groups excluding carboxylic acids is 2. The van der Waals surface area contributed by atoms with Crippen LogP contribution in [0.15, 0.2) is 18.5 Å². The molecule has 1 aromatic heterocycles. The van der Waals surface area contributed by atoms with Crippen molar-refractivity contribution in [1.82, 2.24) is 14.8 Å². The number of piperidine rings is 1. The minimum absolute atomic E-state index is 0.0663. The van der Waals surface area contributed by atoms with E-state index in [0.29, 0.717) is 31.8 Å². The Balaban J connectivity index is 1.58. The van der Waals surface area contributed by atoms with Gasteiger partial charge in [0.05, 0.1) is 5.92 Å². The van der Waals surface area contributed by atoms with Crippen LogP contribution in [0.1, 0.15) is 56.1 Å². The molecule has 2 fully saturated rings. The van der Waals surface area contributed by atoms with Crippen LogP contribution >= 0.6 is 0 Å². The SMILES string of the molecule is Cc1cnccc1CN(C)C(=O)[C@H]1CCC(=O)N(CC2CCCCC2)C1. The first-order valence-corrected chi connectivity index (χ1v) is 9.97. The lowest BCUT2D eigenvalue weighted by molar-refractivity contribution is -0.143. The van der Waals surface area contributed by atoms with E-state index in [1.165, 1.54) is 32.1 Å². The molecule has 1 atom stereocenters. The highest BCUT2D eigenvalue weighted by Crippen LogP contribution is 2.27. The number of carbonyl (C=O) groups is 2. The zero-order valence-corrected chi connectivity index (χ0v) is 16.1. The molecule has 1 saturated carbocycles. The van der Waals surface area contributed by atoms with Gasteiger partial charge in [-0.2, -0.15) is 0 Å². The van der Waals surface area contributed by atoms with E-state index in [9.17, 15) is 9.59 Å². The molecule has 5 heteroatoms. The van der Waals surface area contributed by atoms with Gasteiger partial charge in [-0.25, -0.2) is 0 Å². The molecule has 1 aliphatic carbocycles. The van der Waals surface area contributed by atoms with Gasteiger partial charge in [-0.1, -0.05) is 19.3 Å². The highest BCUT2D eigenvalue weighted by molar-refractivity contribution is 5.83. The normalized spacial score (nSPS) is 21.7. The molecular weight excluding hydrogens is 326 g/mol. The smallest absolute Gasteiger partial charge is 0.227 e. The maximum Gasteiger partial charge on any atom is 0.227 e. The second-order valence-corrected chi connectivity index (χ2v) is 8.03. The molecule has 3 rings (SSSR count). The number of rotatable bonds is 5. The van der Waals surface area contributed by atoms with Gasteiger partial charge in [0, 0.05) is 45.5 Å². The maximum atomic E-state index is 12.9. The molecule has 2 heterocycles. The van der Waals surface area contributed by atoms with E-state index >= 15 is 0 Å². The summed E-state index contributed by atoms with van der Waals surface area (Å²) in [6.07, 6.45) is 11.1. The fourth-order valence-electron chi connectivity index (χ4n) is 4.30. The second kappa shape index (κ2) is 8.65. The largest absolute Gasteiger partial charge is 0.342 e. The van der Waals surface area contributed by atoms with E-state index in [1.54, 1.807) is 6.20 Å². The summed E-state index contributed by atoms with van der Waals surface area (Å²) in [6.45, 7) is 4.05. The first kappa shape index (κ1) is 18.9. The molecule has 0 bridgehead atoms. The van der Waals surface area contributed by atoms with Crippen molar-refractivity contribution in [2.75, 3.05) is 20.1 Å². The molecule has 1 aromatic rings. The zero-order chi connectivity index (χ0) is 18.5. The third kappa shape index (κ3) is 4.63. The fourth-order valence-corrected chi connectivity index (χ4v) is 4.30. The van der Waals surface area contributed by atoms with Crippen LogP contribution in [0.4, 0.5) is 0 Å². The Kier molecular flexibility index (Phi) is 6.28. The van der Waals surface area contributed by atoms with Crippen molar-refractivity contribution in [3.05, 3.63) is 29.6 Å². The number of aryl methyl sites for hydroxylation is 1. The van der Waals surface area contributed by atoms with Gasteiger partial charge in [-0.3, -0.25) is 14.6 Å².